The van der Waals surface area contributed by atoms with Crippen LogP contribution in [0.2, 0.25) is 0 Å². The molecule has 0 N–H and O–H groups in total. The first-order valence-corrected chi connectivity index (χ1v) is 2.34. The summed E-state index contributed by atoms with van der Waals surface area (Å²) in [6.07, 6.45) is 4.90. The van der Waals surface area contributed by atoms with E-state index in [1.165, 1.54) is 12.3 Å². The van der Waals surface area contributed by atoms with Gasteiger partial charge in [-0.25, -0.2) is 0 Å². The van der Waals surface area contributed by atoms with E-state index < -0.39 is 0 Å². The molecule has 1 aromatic rings. The van der Waals surface area contributed by atoms with Crippen LogP contribution in [0.15, 0.2) is 18.3 Å². The SMILES string of the molecule is N#Cn1cccc1[C]=O. The number of aromatic nitrogens is 1. The van der Waals surface area contributed by atoms with Gasteiger partial charge < -0.3 is 0 Å². The van der Waals surface area contributed by atoms with Gasteiger partial charge in [-0.05, 0) is 12.1 Å². The molecule has 0 spiro atoms. The van der Waals surface area contributed by atoms with Crippen molar-refractivity contribution in [1.29, 1.82) is 5.26 Å². The van der Waals surface area contributed by atoms with Gasteiger partial charge >= 0.3 is 0 Å². The number of hydrogen-bond donors (Lipinski definition) is 0. The molecule has 0 aromatic carbocycles. The summed E-state index contributed by atoms with van der Waals surface area (Å²) in [6, 6.07) is 3.14. The summed E-state index contributed by atoms with van der Waals surface area (Å²) in [6.45, 7) is 0. The van der Waals surface area contributed by atoms with E-state index in [1.54, 1.807) is 18.5 Å². The van der Waals surface area contributed by atoms with Gasteiger partial charge in [0.05, 0.1) is 0 Å². The van der Waals surface area contributed by atoms with Crippen LogP contribution in [0.5, 0.6) is 0 Å². The van der Waals surface area contributed by atoms with E-state index >= 15 is 0 Å². The molecule has 0 bridgehead atoms. The van der Waals surface area contributed by atoms with Crippen molar-refractivity contribution in [2.24, 2.45) is 0 Å². The minimum absolute atomic E-state index is 0.262. The van der Waals surface area contributed by atoms with Gasteiger partial charge in [-0.3, -0.25) is 9.36 Å². The van der Waals surface area contributed by atoms with Crippen molar-refractivity contribution in [3.63, 3.8) is 0 Å². The van der Waals surface area contributed by atoms with Gasteiger partial charge in [0.25, 0.3) is 6.29 Å². The highest BCUT2D eigenvalue weighted by atomic mass is 16.1. The summed E-state index contributed by atoms with van der Waals surface area (Å²) in [5, 5.41) is 8.27. The summed E-state index contributed by atoms with van der Waals surface area (Å²) in [5.74, 6) is 0. The molecule has 0 unspecified atom stereocenters. The molecule has 3 nitrogen and oxygen atoms in total. The third-order valence-corrected chi connectivity index (χ3v) is 0.961. The predicted molar refractivity (Wildman–Crippen MR) is 30.2 cm³/mol. The molecule has 0 atom stereocenters. The maximum absolute atomic E-state index is 9.95. The van der Waals surface area contributed by atoms with E-state index in [-0.39, 0.29) is 5.69 Å². The Kier molecular flexibility index (Phi) is 1.32. The van der Waals surface area contributed by atoms with Crippen LogP contribution in [-0.4, -0.2) is 10.9 Å². The fourth-order valence-corrected chi connectivity index (χ4v) is 0.551. The Bertz CT molecular complexity index is 256. The summed E-state index contributed by atoms with van der Waals surface area (Å²) in [4.78, 5) is 9.95. The Morgan fingerprint density at radius 3 is 2.89 bits per heavy atom. The van der Waals surface area contributed by atoms with Crippen LogP contribution in [0.25, 0.3) is 0 Å². The average Bonchev–Trinajstić information content (AvgIpc) is 2.33. The second kappa shape index (κ2) is 2.14. The summed E-state index contributed by atoms with van der Waals surface area (Å²) < 4.78 is 1.15. The molecule has 0 saturated heterocycles. The molecule has 0 fully saturated rings. The standard InChI is InChI=1S/C6H3N2O/c7-5-8-3-1-2-6(8)4-9/h1-3H. The van der Waals surface area contributed by atoms with Crippen molar-refractivity contribution in [3.8, 4) is 6.19 Å². The topological polar surface area (TPSA) is 45.8 Å². The Labute approximate surface area is 52.1 Å². The van der Waals surface area contributed by atoms with E-state index in [0.717, 1.165) is 4.57 Å². The number of nitrogens with zero attached hydrogens (tertiary/aromatic N) is 2. The minimum Gasteiger partial charge on any atom is -0.283 e. The van der Waals surface area contributed by atoms with Crippen LogP contribution < -0.4 is 0 Å². The minimum atomic E-state index is 0.262. The molecule has 3 heteroatoms. The maximum Gasteiger partial charge on any atom is 0.252 e. The molecule has 1 radical (unpaired) electrons. The smallest absolute Gasteiger partial charge is 0.252 e. The zero-order chi connectivity index (χ0) is 6.69. The van der Waals surface area contributed by atoms with Crippen molar-refractivity contribution in [1.82, 2.24) is 4.57 Å². The fourth-order valence-electron chi connectivity index (χ4n) is 0.551. The third kappa shape index (κ3) is 0.820. The Morgan fingerprint density at radius 2 is 2.44 bits per heavy atom. The first-order chi connectivity index (χ1) is 4.38. The summed E-state index contributed by atoms with van der Waals surface area (Å²) >= 11 is 0. The van der Waals surface area contributed by atoms with Gasteiger partial charge in [0, 0.05) is 6.20 Å². The first-order valence-electron chi connectivity index (χ1n) is 2.34. The lowest BCUT2D eigenvalue weighted by atomic mass is 10.5. The van der Waals surface area contributed by atoms with Gasteiger partial charge in [-0.1, -0.05) is 0 Å². The molecular weight excluding hydrogens is 116 g/mol. The normalized spacial score (nSPS) is 8.33. The molecule has 1 rings (SSSR count). The van der Waals surface area contributed by atoms with Crippen LogP contribution in [0.3, 0.4) is 0 Å². The zero-order valence-corrected chi connectivity index (χ0v) is 4.53. The lowest BCUT2D eigenvalue weighted by Crippen LogP contribution is -1.91. The number of nitriles is 1. The predicted octanol–water partition coefficient (Wildman–Crippen LogP) is 0.275. The quantitative estimate of drug-likeness (QED) is 0.532. The van der Waals surface area contributed by atoms with Crippen molar-refractivity contribution in [3.05, 3.63) is 24.0 Å². The molecule has 0 amide bonds. The molecule has 0 saturated carbocycles. The van der Waals surface area contributed by atoms with Gasteiger partial charge in [-0.15, -0.1) is 0 Å². The molecule has 0 aliphatic heterocycles. The zero-order valence-electron chi connectivity index (χ0n) is 4.53. The van der Waals surface area contributed by atoms with Crippen molar-refractivity contribution < 1.29 is 4.79 Å². The van der Waals surface area contributed by atoms with Gasteiger partial charge in [0.15, 0.2) is 6.19 Å². The lowest BCUT2D eigenvalue weighted by molar-refractivity contribution is 0.561. The molecule has 1 aromatic heterocycles. The summed E-state index contributed by atoms with van der Waals surface area (Å²) in [7, 11) is 0. The molecular formula is C6H3N2O. The highest BCUT2D eigenvalue weighted by molar-refractivity contribution is 5.73. The van der Waals surface area contributed by atoms with Crippen molar-refractivity contribution in [2.45, 2.75) is 0 Å². The van der Waals surface area contributed by atoms with Crippen LogP contribution >= 0.6 is 0 Å². The van der Waals surface area contributed by atoms with E-state index in [1.807, 2.05) is 0 Å². The first kappa shape index (κ1) is 5.57. The molecule has 0 aliphatic carbocycles. The number of hydrogen-bond acceptors (Lipinski definition) is 2. The van der Waals surface area contributed by atoms with Crippen LogP contribution in [0.4, 0.5) is 0 Å². The fraction of sp³-hybridized carbons (Fsp3) is 0. The van der Waals surface area contributed by atoms with Gasteiger partial charge in [0.1, 0.15) is 5.69 Å². The molecule has 0 aliphatic rings. The van der Waals surface area contributed by atoms with E-state index in [4.69, 9.17) is 5.26 Å². The molecule has 9 heavy (non-hydrogen) atoms. The maximum atomic E-state index is 9.95. The van der Waals surface area contributed by atoms with Gasteiger partial charge in [0.2, 0.25) is 0 Å². The Morgan fingerprint density at radius 1 is 1.67 bits per heavy atom. The second-order valence-corrected chi connectivity index (χ2v) is 1.47. The molecule has 43 valence electrons. The largest absolute Gasteiger partial charge is 0.283 e. The average molecular weight is 119 g/mol. The van der Waals surface area contributed by atoms with Crippen LogP contribution in [0.1, 0.15) is 5.69 Å². The highest BCUT2D eigenvalue weighted by Gasteiger charge is 1.95. The van der Waals surface area contributed by atoms with Crippen LogP contribution in [0, 0.1) is 11.5 Å². The number of carbonyl (C=O) groups excluding carboxylic acids is 1. The Hall–Kier alpha value is -1.56. The summed E-state index contributed by atoms with van der Waals surface area (Å²) in [5.41, 5.74) is 0.262. The third-order valence-electron chi connectivity index (χ3n) is 0.961. The van der Waals surface area contributed by atoms with Crippen LogP contribution in [-0.2, 0) is 4.79 Å². The Balaban J connectivity index is 3.17. The van der Waals surface area contributed by atoms with Crippen molar-refractivity contribution in [2.75, 3.05) is 0 Å². The molecule has 1 heterocycles. The van der Waals surface area contributed by atoms with E-state index in [2.05, 4.69) is 0 Å². The monoisotopic (exact) mass is 119 g/mol. The second-order valence-electron chi connectivity index (χ2n) is 1.47. The van der Waals surface area contributed by atoms with Gasteiger partial charge in [-0.2, -0.15) is 5.26 Å². The van der Waals surface area contributed by atoms with Crippen molar-refractivity contribution >= 4 is 6.29 Å². The number of rotatable bonds is 1. The highest BCUT2D eigenvalue weighted by Crippen LogP contribution is 1.94. The van der Waals surface area contributed by atoms with E-state index in [0.29, 0.717) is 0 Å². The van der Waals surface area contributed by atoms with E-state index in [9.17, 15) is 4.79 Å². The lowest BCUT2D eigenvalue weighted by Gasteiger charge is -1.83.